The zero-order chi connectivity index (χ0) is 34.8. The number of aromatic amines is 1. The van der Waals surface area contributed by atoms with Crippen LogP contribution >= 0.6 is 0 Å². The quantitative estimate of drug-likeness (QED) is 0.146. The van der Waals surface area contributed by atoms with Gasteiger partial charge in [0.2, 0.25) is 0 Å². The summed E-state index contributed by atoms with van der Waals surface area (Å²) in [5.41, 5.74) is 4.90. The summed E-state index contributed by atoms with van der Waals surface area (Å²) < 4.78 is 84.9. The molecule has 0 spiro atoms. The Morgan fingerprint density at radius 1 is 0.647 bits per heavy atom. The second kappa shape index (κ2) is 11.5. The molecule has 0 radical (unpaired) electrons. The molecule has 0 fully saturated rings. The summed E-state index contributed by atoms with van der Waals surface area (Å²) in [7, 11) is 0. The van der Waals surface area contributed by atoms with E-state index in [4.69, 9.17) is 8.83 Å². The zero-order valence-corrected chi connectivity index (χ0v) is 25.7. The molecule has 15 heteroatoms. The molecular weight excluding hydrogens is 671 g/mol. The summed E-state index contributed by atoms with van der Waals surface area (Å²) in [6.07, 6.45) is 13.3. The molecule has 250 valence electrons. The lowest BCUT2D eigenvalue weighted by Crippen LogP contribution is -1.96. The van der Waals surface area contributed by atoms with Crippen molar-refractivity contribution >= 4 is 28.2 Å². The Hall–Kier alpha value is -7.03. The number of aromatic nitrogens is 8. The van der Waals surface area contributed by atoms with Crippen molar-refractivity contribution in [3.05, 3.63) is 139 Å². The summed E-state index contributed by atoms with van der Waals surface area (Å²) in [5.74, 6) is -4.85. The van der Waals surface area contributed by atoms with E-state index >= 15 is 0 Å². The Morgan fingerprint density at radius 2 is 1.35 bits per heavy atom. The van der Waals surface area contributed by atoms with Crippen LogP contribution in [-0.2, 0) is 0 Å². The molecule has 10 rings (SSSR count). The Bertz CT molecular complexity index is 2910. The van der Waals surface area contributed by atoms with Gasteiger partial charge in [0.15, 0.2) is 17.5 Å². The molecule has 0 aliphatic rings. The maximum atomic E-state index is 14.4. The second-order valence-electron chi connectivity index (χ2n) is 11.4. The monoisotopic (exact) mass is 690 g/mol. The summed E-state index contributed by atoms with van der Waals surface area (Å²) >= 11 is 0. The molecule has 7 heterocycles. The van der Waals surface area contributed by atoms with Crippen molar-refractivity contribution in [3.63, 3.8) is 0 Å². The lowest BCUT2D eigenvalue weighted by Gasteiger charge is -2.07. The second-order valence-corrected chi connectivity index (χ2v) is 11.4. The van der Waals surface area contributed by atoms with E-state index in [-0.39, 0.29) is 22.7 Å². The molecule has 0 unspecified atom stereocenters. The van der Waals surface area contributed by atoms with Gasteiger partial charge in [-0.25, -0.2) is 26.9 Å². The van der Waals surface area contributed by atoms with Crippen LogP contribution < -0.4 is 0 Å². The molecule has 0 saturated carbocycles. The van der Waals surface area contributed by atoms with Crippen LogP contribution in [0, 0.1) is 29.1 Å². The van der Waals surface area contributed by atoms with Crippen molar-refractivity contribution in [3.8, 4) is 45.0 Å². The third-order valence-electron chi connectivity index (χ3n) is 8.38. The number of halogens is 5. The van der Waals surface area contributed by atoms with Crippen molar-refractivity contribution in [1.29, 1.82) is 0 Å². The molecule has 0 saturated heterocycles. The van der Waals surface area contributed by atoms with Gasteiger partial charge in [0, 0.05) is 64.7 Å². The van der Waals surface area contributed by atoms with Crippen LogP contribution in [0.5, 0.6) is 0 Å². The largest absolute Gasteiger partial charge is 0.432 e. The third kappa shape index (κ3) is 4.93. The van der Waals surface area contributed by atoms with E-state index in [1.807, 2.05) is 41.1 Å². The van der Waals surface area contributed by atoms with Crippen LogP contribution in [0.4, 0.5) is 22.0 Å². The van der Waals surface area contributed by atoms with Crippen molar-refractivity contribution in [2.45, 2.75) is 0 Å². The van der Waals surface area contributed by atoms with Gasteiger partial charge in [-0.15, -0.1) is 0 Å². The molecule has 0 atom stereocenters. The fourth-order valence-electron chi connectivity index (χ4n) is 6.04. The van der Waals surface area contributed by atoms with Crippen LogP contribution in [0.1, 0.15) is 0 Å². The minimum atomic E-state index is -1.54. The molecule has 0 bridgehead atoms. The Morgan fingerprint density at radius 3 is 2.12 bits per heavy atom. The first-order valence-electron chi connectivity index (χ1n) is 15.2. The number of fused-ring (bicyclic) bond motifs is 4. The van der Waals surface area contributed by atoms with Gasteiger partial charge in [-0.2, -0.15) is 15.1 Å². The van der Waals surface area contributed by atoms with E-state index in [2.05, 4.69) is 25.1 Å². The zero-order valence-electron chi connectivity index (χ0n) is 25.7. The number of nitrogens with zero attached hydrogens (tertiary/aromatic N) is 7. The number of rotatable bonds is 4. The molecule has 0 aliphatic carbocycles. The average Bonchev–Trinajstić information content (AvgIpc) is 3.96. The standard InChI is InChI=1S/C18H9F3N4O.C18H10F2N4O/c19-12-3-2-11(14(20)15(12)21)16-17(25-5-6-26-18(25)23-16)9-1-4-13-10(7-9)8-22-24-13;19-12-2-3-13(14(20)9-12)16-17(24-7-8-25-18(24)22-16)11-1-4-15-21-5-6-23(15)10-11/h1-8H,(H,22,24);1-10H. The minimum Gasteiger partial charge on any atom is -0.432 e. The summed E-state index contributed by atoms with van der Waals surface area (Å²) in [6, 6.07) is 14.7. The molecule has 3 aromatic carbocycles. The Labute approximate surface area is 281 Å². The van der Waals surface area contributed by atoms with Gasteiger partial charge < -0.3 is 13.2 Å². The summed E-state index contributed by atoms with van der Waals surface area (Å²) in [5, 5.41) is 7.67. The highest BCUT2D eigenvalue weighted by molar-refractivity contribution is 5.88. The summed E-state index contributed by atoms with van der Waals surface area (Å²) in [6.45, 7) is 0. The van der Waals surface area contributed by atoms with E-state index in [1.165, 1.54) is 24.7 Å². The highest BCUT2D eigenvalue weighted by atomic mass is 19.2. The highest BCUT2D eigenvalue weighted by Crippen LogP contribution is 2.37. The van der Waals surface area contributed by atoms with Gasteiger partial charge in [-0.3, -0.25) is 13.9 Å². The minimum absolute atomic E-state index is 0.148. The van der Waals surface area contributed by atoms with Crippen LogP contribution in [0.2, 0.25) is 0 Å². The van der Waals surface area contributed by atoms with E-state index in [9.17, 15) is 22.0 Å². The van der Waals surface area contributed by atoms with Gasteiger partial charge in [0.05, 0.1) is 23.1 Å². The van der Waals surface area contributed by atoms with E-state index < -0.39 is 29.1 Å². The smallest absolute Gasteiger partial charge is 0.306 e. The maximum absolute atomic E-state index is 14.4. The molecule has 10 aromatic rings. The van der Waals surface area contributed by atoms with Gasteiger partial charge in [-0.05, 0) is 48.5 Å². The molecular formula is C36H19F5N8O2. The predicted molar refractivity (Wildman–Crippen MR) is 175 cm³/mol. The van der Waals surface area contributed by atoms with E-state index in [0.717, 1.165) is 40.3 Å². The predicted octanol–water partition coefficient (Wildman–Crippen LogP) is 8.74. The Balaban J connectivity index is 0.000000137. The molecule has 51 heavy (non-hydrogen) atoms. The highest BCUT2D eigenvalue weighted by Gasteiger charge is 2.24. The van der Waals surface area contributed by atoms with Crippen molar-refractivity contribution in [2.24, 2.45) is 0 Å². The van der Waals surface area contributed by atoms with Gasteiger partial charge in [0.1, 0.15) is 41.2 Å². The number of imidazole rings is 3. The number of hydrogen-bond acceptors (Lipinski definition) is 6. The van der Waals surface area contributed by atoms with Crippen LogP contribution in [0.15, 0.2) is 119 Å². The first kappa shape index (κ1) is 30.1. The van der Waals surface area contributed by atoms with Crippen LogP contribution in [-0.4, -0.2) is 38.4 Å². The lowest BCUT2D eigenvalue weighted by atomic mass is 10.0. The summed E-state index contributed by atoms with van der Waals surface area (Å²) in [4.78, 5) is 12.9. The van der Waals surface area contributed by atoms with Gasteiger partial charge >= 0.3 is 11.7 Å². The number of pyridine rings is 1. The number of oxazole rings is 2. The van der Waals surface area contributed by atoms with Crippen molar-refractivity contribution < 1.29 is 30.8 Å². The molecule has 0 aliphatic heterocycles. The van der Waals surface area contributed by atoms with Crippen LogP contribution in [0.3, 0.4) is 0 Å². The third-order valence-corrected chi connectivity index (χ3v) is 8.38. The maximum Gasteiger partial charge on any atom is 0.306 e. The number of H-pyrrole nitrogens is 1. The van der Waals surface area contributed by atoms with Gasteiger partial charge in [0.25, 0.3) is 0 Å². The van der Waals surface area contributed by atoms with Crippen LogP contribution in [0.25, 0.3) is 73.3 Å². The first-order chi connectivity index (χ1) is 24.8. The molecule has 7 aromatic heterocycles. The number of benzene rings is 3. The average molecular weight is 691 g/mol. The lowest BCUT2D eigenvalue weighted by molar-refractivity contribution is 0.449. The molecule has 1 N–H and O–H groups in total. The van der Waals surface area contributed by atoms with Crippen molar-refractivity contribution in [1.82, 2.24) is 38.4 Å². The molecule has 0 amide bonds. The normalized spacial score (nSPS) is 11.6. The van der Waals surface area contributed by atoms with E-state index in [1.54, 1.807) is 39.7 Å². The van der Waals surface area contributed by atoms with E-state index in [0.29, 0.717) is 28.5 Å². The van der Waals surface area contributed by atoms with Gasteiger partial charge in [-0.1, -0.05) is 6.07 Å². The SMILES string of the molecule is Fc1ccc(-c2nc3occn3c2-c2ccc3[nH]ncc3c2)c(F)c1F.Fc1ccc(-c2nc3occn3c2-c2ccc3nccn3c2)c(F)c1. The fraction of sp³-hybridized carbons (Fsp3) is 0. The Kier molecular flexibility index (Phi) is 6.80. The fourth-order valence-corrected chi connectivity index (χ4v) is 6.04. The number of nitrogens with one attached hydrogen (secondary N) is 1. The molecule has 10 nitrogen and oxygen atoms in total. The number of hydrogen-bond donors (Lipinski definition) is 1. The topological polar surface area (TPSA) is 107 Å². The van der Waals surface area contributed by atoms with Crippen molar-refractivity contribution in [2.75, 3.05) is 0 Å². The first-order valence-corrected chi connectivity index (χ1v) is 15.2.